The van der Waals surface area contributed by atoms with E-state index in [4.69, 9.17) is 5.73 Å². The number of nitrogens with two attached hydrogens (primary N) is 1. The molecule has 2 aromatic rings. The lowest BCUT2D eigenvalue weighted by atomic mass is 10.1. The molecule has 0 heterocycles. The molecular formula is C16H16F3N3O. The van der Waals surface area contributed by atoms with E-state index < -0.39 is 17.8 Å². The summed E-state index contributed by atoms with van der Waals surface area (Å²) in [6.45, 7) is 0.562. The van der Waals surface area contributed by atoms with Gasteiger partial charge in [-0.1, -0.05) is 36.4 Å². The second-order valence-corrected chi connectivity index (χ2v) is 4.88. The SMILES string of the molecule is NCc1cccc(CNC(=O)Nc2ccccc2C(F)(F)F)c1. The van der Waals surface area contributed by atoms with Crippen LogP contribution in [0, 0.1) is 0 Å². The molecule has 0 saturated heterocycles. The van der Waals surface area contributed by atoms with E-state index in [1.165, 1.54) is 18.2 Å². The van der Waals surface area contributed by atoms with Crippen molar-refractivity contribution in [3.63, 3.8) is 0 Å². The molecule has 0 fully saturated rings. The number of carbonyl (C=O) groups is 1. The van der Waals surface area contributed by atoms with E-state index >= 15 is 0 Å². The lowest BCUT2D eigenvalue weighted by molar-refractivity contribution is -0.136. The minimum Gasteiger partial charge on any atom is -0.334 e. The molecule has 2 rings (SSSR count). The van der Waals surface area contributed by atoms with Gasteiger partial charge in [-0.2, -0.15) is 13.2 Å². The zero-order valence-corrected chi connectivity index (χ0v) is 12.2. The van der Waals surface area contributed by atoms with Crippen molar-refractivity contribution in [2.75, 3.05) is 5.32 Å². The number of urea groups is 1. The van der Waals surface area contributed by atoms with Gasteiger partial charge in [0, 0.05) is 13.1 Å². The topological polar surface area (TPSA) is 67.1 Å². The van der Waals surface area contributed by atoms with Crippen LogP contribution in [0.5, 0.6) is 0 Å². The van der Waals surface area contributed by atoms with Crippen LogP contribution in [0.15, 0.2) is 48.5 Å². The minimum atomic E-state index is -4.53. The molecule has 0 saturated carbocycles. The summed E-state index contributed by atoms with van der Waals surface area (Å²) < 4.78 is 38.5. The molecule has 0 aliphatic rings. The Kier molecular flexibility index (Phi) is 5.23. The average molecular weight is 323 g/mol. The number of halogens is 3. The van der Waals surface area contributed by atoms with Crippen LogP contribution in [0.25, 0.3) is 0 Å². The highest BCUT2D eigenvalue weighted by Crippen LogP contribution is 2.34. The molecule has 122 valence electrons. The van der Waals surface area contributed by atoms with Gasteiger partial charge in [0.25, 0.3) is 0 Å². The van der Waals surface area contributed by atoms with E-state index in [2.05, 4.69) is 10.6 Å². The highest BCUT2D eigenvalue weighted by molar-refractivity contribution is 5.90. The number of alkyl halides is 3. The molecule has 2 aromatic carbocycles. The second kappa shape index (κ2) is 7.15. The summed E-state index contributed by atoms with van der Waals surface area (Å²) >= 11 is 0. The number of para-hydroxylation sites is 1. The lowest BCUT2D eigenvalue weighted by Crippen LogP contribution is -2.29. The molecule has 7 heteroatoms. The number of amides is 2. The molecule has 0 bridgehead atoms. The van der Waals surface area contributed by atoms with Gasteiger partial charge in [0.2, 0.25) is 0 Å². The van der Waals surface area contributed by atoms with E-state index in [9.17, 15) is 18.0 Å². The summed E-state index contributed by atoms with van der Waals surface area (Å²) in [5.41, 5.74) is 6.08. The Hall–Kier alpha value is -2.54. The van der Waals surface area contributed by atoms with E-state index in [1.807, 2.05) is 12.1 Å². The molecule has 0 spiro atoms. The molecule has 2 amide bonds. The third-order valence-corrected chi connectivity index (χ3v) is 3.16. The van der Waals surface area contributed by atoms with Gasteiger partial charge < -0.3 is 16.4 Å². The van der Waals surface area contributed by atoms with Crippen LogP contribution in [0.2, 0.25) is 0 Å². The van der Waals surface area contributed by atoms with Crippen molar-refractivity contribution in [2.45, 2.75) is 19.3 Å². The smallest absolute Gasteiger partial charge is 0.334 e. The van der Waals surface area contributed by atoms with Gasteiger partial charge in [0.05, 0.1) is 11.3 Å². The molecule has 4 nitrogen and oxygen atoms in total. The quantitative estimate of drug-likeness (QED) is 0.806. The van der Waals surface area contributed by atoms with Crippen LogP contribution >= 0.6 is 0 Å². The summed E-state index contributed by atoms with van der Waals surface area (Å²) in [5.74, 6) is 0. The lowest BCUT2D eigenvalue weighted by Gasteiger charge is -2.14. The maximum absolute atomic E-state index is 12.8. The first-order chi connectivity index (χ1) is 10.9. The standard InChI is InChI=1S/C16H16F3N3O/c17-16(18,19)13-6-1-2-7-14(13)22-15(23)21-10-12-5-3-4-11(8-12)9-20/h1-8H,9-10,20H2,(H2,21,22,23). The van der Waals surface area contributed by atoms with Crippen LogP contribution in [-0.4, -0.2) is 6.03 Å². The molecule has 0 aromatic heterocycles. The zero-order valence-electron chi connectivity index (χ0n) is 12.2. The van der Waals surface area contributed by atoms with Gasteiger partial charge in [0.15, 0.2) is 0 Å². The highest BCUT2D eigenvalue weighted by Gasteiger charge is 2.33. The van der Waals surface area contributed by atoms with E-state index in [0.717, 1.165) is 17.2 Å². The van der Waals surface area contributed by atoms with Gasteiger partial charge in [-0.25, -0.2) is 4.79 Å². The average Bonchev–Trinajstić information content (AvgIpc) is 2.52. The number of carbonyl (C=O) groups excluding carboxylic acids is 1. The Morgan fingerprint density at radius 3 is 2.43 bits per heavy atom. The van der Waals surface area contributed by atoms with Crippen LogP contribution in [0.3, 0.4) is 0 Å². The predicted octanol–water partition coefficient (Wildman–Crippen LogP) is 3.49. The van der Waals surface area contributed by atoms with Crippen molar-refractivity contribution < 1.29 is 18.0 Å². The fourth-order valence-electron chi connectivity index (χ4n) is 2.05. The summed E-state index contributed by atoms with van der Waals surface area (Å²) in [6, 6.07) is 11.4. The Balaban J connectivity index is 2.00. The Labute approximate surface area is 131 Å². The van der Waals surface area contributed by atoms with Crippen molar-refractivity contribution in [1.29, 1.82) is 0 Å². The molecular weight excluding hydrogens is 307 g/mol. The monoisotopic (exact) mass is 323 g/mol. The molecule has 0 unspecified atom stereocenters. The third kappa shape index (κ3) is 4.72. The van der Waals surface area contributed by atoms with Gasteiger partial charge in [-0.05, 0) is 23.3 Å². The number of benzene rings is 2. The summed E-state index contributed by atoms with van der Waals surface area (Å²) in [7, 11) is 0. The predicted molar refractivity (Wildman–Crippen MR) is 81.6 cm³/mol. The van der Waals surface area contributed by atoms with Crippen LogP contribution in [0.4, 0.5) is 23.7 Å². The fraction of sp³-hybridized carbons (Fsp3) is 0.188. The van der Waals surface area contributed by atoms with Crippen molar-refractivity contribution >= 4 is 11.7 Å². The summed E-state index contributed by atoms with van der Waals surface area (Å²) in [6.07, 6.45) is -4.53. The minimum absolute atomic E-state index is 0.188. The van der Waals surface area contributed by atoms with Crippen LogP contribution in [-0.2, 0) is 19.3 Å². The second-order valence-electron chi connectivity index (χ2n) is 4.88. The molecule has 23 heavy (non-hydrogen) atoms. The van der Waals surface area contributed by atoms with Crippen LogP contribution in [0.1, 0.15) is 16.7 Å². The molecule has 0 atom stereocenters. The first kappa shape index (κ1) is 16.8. The number of hydrogen-bond donors (Lipinski definition) is 3. The van der Waals surface area contributed by atoms with Gasteiger partial charge in [-0.15, -0.1) is 0 Å². The van der Waals surface area contributed by atoms with Crippen LogP contribution < -0.4 is 16.4 Å². The maximum Gasteiger partial charge on any atom is 0.418 e. The van der Waals surface area contributed by atoms with E-state index in [1.54, 1.807) is 12.1 Å². The van der Waals surface area contributed by atoms with E-state index in [-0.39, 0.29) is 12.2 Å². The first-order valence-corrected chi connectivity index (χ1v) is 6.89. The van der Waals surface area contributed by atoms with Crippen molar-refractivity contribution in [3.05, 3.63) is 65.2 Å². The van der Waals surface area contributed by atoms with Gasteiger partial charge in [0.1, 0.15) is 0 Å². The van der Waals surface area contributed by atoms with Crippen molar-refractivity contribution in [2.24, 2.45) is 5.73 Å². The summed E-state index contributed by atoms with van der Waals surface area (Å²) in [4.78, 5) is 11.8. The number of nitrogens with one attached hydrogen (secondary N) is 2. The van der Waals surface area contributed by atoms with Crippen molar-refractivity contribution in [1.82, 2.24) is 5.32 Å². The fourth-order valence-corrected chi connectivity index (χ4v) is 2.05. The molecule has 0 aliphatic heterocycles. The van der Waals surface area contributed by atoms with Gasteiger partial charge in [-0.3, -0.25) is 0 Å². The summed E-state index contributed by atoms with van der Waals surface area (Å²) in [5, 5.41) is 4.74. The molecule has 4 N–H and O–H groups in total. The normalized spacial score (nSPS) is 11.1. The number of anilines is 1. The largest absolute Gasteiger partial charge is 0.418 e. The third-order valence-electron chi connectivity index (χ3n) is 3.16. The highest BCUT2D eigenvalue weighted by atomic mass is 19.4. The van der Waals surface area contributed by atoms with E-state index in [0.29, 0.717) is 6.54 Å². The molecule has 0 aliphatic carbocycles. The van der Waals surface area contributed by atoms with Gasteiger partial charge >= 0.3 is 12.2 Å². The number of rotatable bonds is 4. The Bertz CT molecular complexity index is 686. The van der Waals surface area contributed by atoms with Crippen molar-refractivity contribution in [3.8, 4) is 0 Å². The molecule has 0 radical (unpaired) electrons. The number of hydrogen-bond acceptors (Lipinski definition) is 2. The Morgan fingerprint density at radius 2 is 1.74 bits per heavy atom. The maximum atomic E-state index is 12.8. The Morgan fingerprint density at radius 1 is 1.04 bits per heavy atom. The zero-order chi connectivity index (χ0) is 16.9. The first-order valence-electron chi connectivity index (χ1n) is 6.89.